The molecule has 0 fully saturated rings. The molecule has 1 unspecified atom stereocenters. The number of rotatable bonds is 3. The van der Waals surface area contributed by atoms with Gasteiger partial charge >= 0.3 is 0 Å². The number of hydrogen-bond acceptors (Lipinski definition) is 1. The van der Waals surface area contributed by atoms with E-state index in [1.165, 1.54) is 3.57 Å². The first-order valence-corrected chi connectivity index (χ1v) is 7.21. The van der Waals surface area contributed by atoms with Gasteiger partial charge in [-0.3, -0.25) is 0 Å². The SMILES string of the molecule is Cc1cccc(C(O)Cc2ccc(I)cc2)c1Cl. The van der Waals surface area contributed by atoms with Crippen molar-refractivity contribution in [2.45, 2.75) is 19.4 Å². The molecule has 2 rings (SSSR count). The van der Waals surface area contributed by atoms with E-state index in [-0.39, 0.29) is 0 Å². The fraction of sp³-hybridized carbons (Fsp3) is 0.200. The molecular formula is C15H14ClIO. The second-order valence-electron chi connectivity index (χ2n) is 4.32. The van der Waals surface area contributed by atoms with Crippen molar-refractivity contribution in [2.75, 3.05) is 0 Å². The molecule has 0 bridgehead atoms. The van der Waals surface area contributed by atoms with Crippen LogP contribution in [-0.2, 0) is 6.42 Å². The summed E-state index contributed by atoms with van der Waals surface area (Å²) in [5, 5.41) is 10.9. The van der Waals surface area contributed by atoms with Gasteiger partial charge < -0.3 is 5.11 Å². The van der Waals surface area contributed by atoms with Crippen LogP contribution in [0.5, 0.6) is 0 Å². The Morgan fingerprint density at radius 2 is 1.83 bits per heavy atom. The maximum Gasteiger partial charge on any atom is 0.0844 e. The Hall–Kier alpha value is -0.580. The molecule has 0 aliphatic rings. The first-order chi connectivity index (χ1) is 8.58. The third-order valence-corrected chi connectivity index (χ3v) is 4.16. The fourth-order valence-electron chi connectivity index (χ4n) is 1.88. The molecule has 0 aliphatic heterocycles. The first kappa shape index (κ1) is 13.8. The maximum absolute atomic E-state index is 10.3. The van der Waals surface area contributed by atoms with Crippen molar-refractivity contribution in [3.8, 4) is 0 Å². The van der Waals surface area contributed by atoms with Crippen LogP contribution < -0.4 is 0 Å². The van der Waals surface area contributed by atoms with E-state index in [9.17, 15) is 5.11 Å². The van der Waals surface area contributed by atoms with Gasteiger partial charge in [-0.1, -0.05) is 41.9 Å². The normalized spacial score (nSPS) is 12.4. The third kappa shape index (κ3) is 3.25. The highest BCUT2D eigenvalue weighted by Crippen LogP contribution is 2.28. The molecule has 2 aromatic rings. The number of aryl methyl sites for hydroxylation is 1. The lowest BCUT2D eigenvalue weighted by Gasteiger charge is -2.14. The Balaban J connectivity index is 2.19. The zero-order valence-corrected chi connectivity index (χ0v) is 12.9. The fourth-order valence-corrected chi connectivity index (χ4v) is 2.49. The summed E-state index contributed by atoms with van der Waals surface area (Å²) in [4.78, 5) is 0. The van der Waals surface area contributed by atoms with E-state index >= 15 is 0 Å². The number of aliphatic hydroxyl groups is 1. The van der Waals surface area contributed by atoms with Gasteiger partial charge in [-0.05, 0) is 58.3 Å². The van der Waals surface area contributed by atoms with Gasteiger partial charge in [0.05, 0.1) is 6.10 Å². The van der Waals surface area contributed by atoms with Crippen LogP contribution in [0.1, 0.15) is 22.8 Å². The smallest absolute Gasteiger partial charge is 0.0844 e. The standard InChI is InChI=1S/C15H14ClIO/c1-10-3-2-4-13(15(10)16)14(18)9-11-5-7-12(17)8-6-11/h2-8,14,18H,9H2,1H3. The first-order valence-electron chi connectivity index (χ1n) is 5.75. The Bertz CT molecular complexity index is 537. The van der Waals surface area contributed by atoms with Crippen molar-refractivity contribution in [1.82, 2.24) is 0 Å². The molecule has 1 atom stereocenters. The minimum atomic E-state index is -0.558. The van der Waals surface area contributed by atoms with Gasteiger partial charge in [0, 0.05) is 15.0 Å². The van der Waals surface area contributed by atoms with E-state index in [1.807, 2.05) is 49.4 Å². The summed E-state index contributed by atoms with van der Waals surface area (Å²) in [6.07, 6.45) is 0.0255. The van der Waals surface area contributed by atoms with E-state index in [2.05, 4.69) is 22.6 Å². The monoisotopic (exact) mass is 372 g/mol. The summed E-state index contributed by atoms with van der Waals surface area (Å²) >= 11 is 8.49. The molecule has 1 N–H and O–H groups in total. The molecule has 0 radical (unpaired) electrons. The molecule has 0 aromatic heterocycles. The lowest BCUT2D eigenvalue weighted by Crippen LogP contribution is -2.03. The predicted molar refractivity (Wildman–Crippen MR) is 84.0 cm³/mol. The maximum atomic E-state index is 10.3. The van der Waals surface area contributed by atoms with Crippen LogP contribution >= 0.6 is 34.2 Å². The van der Waals surface area contributed by atoms with E-state index < -0.39 is 6.10 Å². The highest BCUT2D eigenvalue weighted by Gasteiger charge is 2.13. The average molecular weight is 373 g/mol. The molecule has 0 heterocycles. The van der Waals surface area contributed by atoms with Crippen molar-refractivity contribution in [3.05, 3.63) is 67.7 Å². The zero-order chi connectivity index (χ0) is 13.1. The van der Waals surface area contributed by atoms with E-state index in [4.69, 9.17) is 11.6 Å². The lowest BCUT2D eigenvalue weighted by molar-refractivity contribution is 0.178. The van der Waals surface area contributed by atoms with Crippen LogP contribution in [0.3, 0.4) is 0 Å². The van der Waals surface area contributed by atoms with E-state index in [1.54, 1.807) is 0 Å². The summed E-state index contributed by atoms with van der Waals surface area (Å²) in [5.74, 6) is 0. The van der Waals surface area contributed by atoms with E-state index in [0.29, 0.717) is 11.4 Å². The molecule has 3 heteroatoms. The molecule has 2 aromatic carbocycles. The number of benzene rings is 2. The largest absolute Gasteiger partial charge is 0.388 e. The number of halogens is 2. The molecule has 94 valence electrons. The molecule has 18 heavy (non-hydrogen) atoms. The Morgan fingerprint density at radius 1 is 1.17 bits per heavy atom. The minimum absolute atomic E-state index is 0.558. The van der Waals surface area contributed by atoms with Crippen LogP contribution in [0.25, 0.3) is 0 Å². The highest BCUT2D eigenvalue weighted by molar-refractivity contribution is 14.1. The second-order valence-corrected chi connectivity index (χ2v) is 5.95. The Labute approximate surface area is 126 Å². The van der Waals surface area contributed by atoms with Crippen molar-refractivity contribution in [1.29, 1.82) is 0 Å². The van der Waals surface area contributed by atoms with Gasteiger partial charge in [-0.2, -0.15) is 0 Å². The van der Waals surface area contributed by atoms with Crippen molar-refractivity contribution >= 4 is 34.2 Å². The van der Waals surface area contributed by atoms with Crippen LogP contribution in [-0.4, -0.2) is 5.11 Å². The Morgan fingerprint density at radius 3 is 2.50 bits per heavy atom. The highest BCUT2D eigenvalue weighted by atomic mass is 127. The van der Waals surface area contributed by atoms with Gasteiger partial charge in [0.2, 0.25) is 0 Å². The van der Waals surface area contributed by atoms with Crippen molar-refractivity contribution in [2.24, 2.45) is 0 Å². The number of hydrogen-bond donors (Lipinski definition) is 1. The average Bonchev–Trinajstić information content (AvgIpc) is 2.35. The molecule has 0 saturated heterocycles. The number of aliphatic hydroxyl groups excluding tert-OH is 1. The van der Waals surface area contributed by atoms with Gasteiger partial charge in [-0.15, -0.1) is 0 Å². The lowest BCUT2D eigenvalue weighted by atomic mass is 10.00. The van der Waals surface area contributed by atoms with Gasteiger partial charge in [0.25, 0.3) is 0 Å². The molecule has 0 saturated carbocycles. The van der Waals surface area contributed by atoms with Crippen LogP contribution in [0.15, 0.2) is 42.5 Å². The molecule has 0 spiro atoms. The van der Waals surface area contributed by atoms with Crippen molar-refractivity contribution in [3.63, 3.8) is 0 Å². The molecule has 0 aliphatic carbocycles. The third-order valence-electron chi connectivity index (χ3n) is 2.92. The predicted octanol–water partition coefficient (Wildman–Crippen LogP) is 4.53. The summed E-state index contributed by atoms with van der Waals surface area (Å²) in [6.45, 7) is 1.95. The minimum Gasteiger partial charge on any atom is -0.388 e. The Kier molecular flexibility index (Phi) is 4.65. The second kappa shape index (κ2) is 6.04. The van der Waals surface area contributed by atoms with Gasteiger partial charge in [-0.25, -0.2) is 0 Å². The molecule has 0 amide bonds. The zero-order valence-electron chi connectivity index (χ0n) is 10.0. The quantitative estimate of drug-likeness (QED) is 0.785. The summed E-state index contributed by atoms with van der Waals surface area (Å²) in [6, 6.07) is 13.9. The summed E-state index contributed by atoms with van der Waals surface area (Å²) < 4.78 is 1.19. The molecular weight excluding hydrogens is 359 g/mol. The van der Waals surface area contributed by atoms with Crippen LogP contribution in [0.2, 0.25) is 5.02 Å². The molecule has 1 nitrogen and oxygen atoms in total. The van der Waals surface area contributed by atoms with Crippen LogP contribution in [0.4, 0.5) is 0 Å². The van der Waals surface area contributed by atoms with Crippen molar-refractivity contribution < 1.29 is 5.11 Å². The van der Waals surface area contributed by atoms with Gasteiger partial charge in [0.1, 0.15) is 0 Å². The summed E-state index contributed by atoms with van der Waals surface area (Å²) in [7, 11) is 0. The van der Waals surface area contributed by atoms with Gasteiger partial charge in [0.15, 0.2) is 0 Å². The summed E-state index contributed by atoms with van der Waals surface area (Å²) in [5.41, 5.74) is 2.91. The van der Waals surface area contributed by atoms with E-state index in [0.717, 1.165) is 16.7 Å². The van der Waals surface area contributed by atoms with Crippen LogP contribution in [0, 0.1) is 10.5 Å². The topological polar surface area (TPSA) is 20.2 Å².